The summed E-state index contributed by atoms with van der Waals surface area (Å²) in [7, 11) is -1.11. The molecule has 39 heavy (non-hydrogen) atoms. The van der Waals surface area contributed by atoms with E-state index in [-0.39, 0.29) is 6.04 Å². The molecule has 1 atom stereocenters. The molecule has 0 bridgehead atoms. The van der Waals surface area contributed by atoms with Crippen LogP contribution in [0.2, 0.25) is 0 Å². The van der Waals surface area contributed by atoms with E-state index in [2.05, 4.69) is 51.4 Å². The van der Waals surface area contributed by atoms with E-state index in [9.17, 15) is 4.57 Å². The third kappa shape index (κ3) is 4.99. The van der Waals surface area contributed by atoms with Gasteiger partial charge in [-0.2, -0.15) is 4.98 Å². The Morgan fingerprint density at radius 3 is 2.77 bits per heavy atom. The first-order valence-corrected chi connectivity index (χ1v) is 15.8. The van der Waals surface area contributed by atoms with Gasteiger partial charge in [0.1, 0.15) is 36.6 Å². The van der Waals surface area contributed by atoms with Crippen LogP contribution in [0, 0.1) is 0 Å². The van der Waals surface area contributed by atoms with Crippen molar-refractivity contribution in [2.24, 2.45) is 0 Å². The molecule has 2 aliphatic heterocycles. The van der Waals surface area contributed by atoms with Crippen LogP contribution in [0.5, 0.6) is 11.5 Å². The van der Waals surface area contributed by atoms with E-state index in [1.807, 2.05) is 24.3 Å². The van der Waals surface area contributed by atoms with Gasteiger partial charge >= 0.3 is 0 Å². The third-order valence-electron chi connectivity index (χ3n) is 6.65. The van der Waals surface area contributed by atoms with Crippen LogP contribution in [0.1, 0.15) is 0 Å². The maximum atomic E-state index is 13.3. The molecule has 0 amide bonds. The Kier molecular flexibility index (Phi) is 6.78. The molecule has 13 heteroatoms. The molecule has 202 valence electrons. The molecule has 0 spiro atoms. The van der Waals surface area contributed by atoms with Gasteiger partial charge < -0.3 is 34.3 Å². The van der Waals surface area contributed by atoms with E-state index in [1.165, 1.54) is 0 Å². The zero-order valence-corrected chi connectivity index (χ0v) is 24.1. The number of fused-ring (bicyclic) bond motifs is 4. The second-order valence-corrected chi connectivity index (χ2v) is 13.6. The van der Waals surface area contributed by atoms with Crippen molar-refractivity contribution in [2.45, 2.75) is 6.04 Å². The normalized spacial score (nSPS) is 16.7. The van der Waals surface area contributed by atoms with E-state index in [1.54, 1.807) is 39.0 Å². The summed E-state index contributed by atoms with van der Waals surface area (Å²) < 4.78 is 31.3. The zero-order valence-electron chi connectivity index (χ0n) is 21.6. The van der Waals surface area contributed by atoms with E-state index in [0.717, 1.165) is 18.0 Å². The Hall–Kier alpha value is -3.47. The average Bonchev–Trinajstić information content (AvgIpc) is 2.93. The number of methoxy groups -OCH3 is 1. The van der Waals surface area contributed by atoms with E-state index in [4.69, 9.17) is 14.2 Å². The van der Waals surface area contributed by atoms with Gasteiger partial charge in [0.2, 0.25) is 5.95 Å². The number of aromatic nitrogens is 4. The van der Waals surface area contributed by atoms with Crippen molar-refractivity contribution in [3.05, 3.63) is 47.3 Å². The highest BCUT2D eigenvalue weighted by molar-refractivity contribution is 9.10. The van der Waals surface area contributed by atoms with Crippen LogP contribution in [-0.4, -0.2) is 72.8 Å². The molecule has 1 fully saturated rings. The van der Waals surface area contributed by atoms with Crippen LogP contribution in [0.3, 0.4) is 0 Å². The lowest BCUT2D eigenvalue weighted by Gasteiger charge is -2.41. The van der Waals surface area contributed by atoms with Gasteiger partial charge in [0.25, 0.3) is 0 Å². The fraction of sp³-hybridized carbons (Fsp3) is 0.308. The first-order valence-electron chi connectivity index (χ1n) is 12.4. The quantitative estimate of drug-likeness (QED) is 0.299. The Bertz CT molecular complexity index is 1620. The summed E-state index contributed by atoms with van der Waals surface area (Å²) in [5.74, 6) is 2.24. The Labute approximate surface area is 233 Å². The number of rotatable bonds is 6. The number of ether oxygens (including phenoxy) is 3. The van der Waals surface area contributed by atoms with Crippen LogP contribution in [-0.2, 0) is 9.30 Å². The summed E-state index contributed by atoms with van der Waals surface area (Å²) in [6.45, 7) is 6.10. The van der Waals surface area contributed by atoms with Crippen LogP contribution < -0.4 is 30.3 Å². The van der Waals surface area contributed by atoms with Gasteiger partial charge in [-0.3, -0.25) is 9.97 Å². The van der Waals surface area contributed by atoms with Gasteiger partial charge in [-0.05, 0) is 41.4 Å². The fourth-order valence-electron chi connectivity index (χ4n) is 4.88. The van der Waals surface area contributed by atoms with Crippen molar-refractivity contribution >= 4 is 68.2 Å². The van der Waals surface area contributed by atoms with Gasteiger partial charge in [0.15, 0.2) is 0 Å². The molecule has 0 aliphatic carbocycles. The number of halogens is 1. The molecule has 1 saturated heterocycles. The lowest BCUT2D eigenvalue weighted by Crippen LogP contribution is -2.51. The molecule has 2 N–H and O–H groups in total. The summed E-state index contributed by atoms with van der Waals surface area (Å²) in [6, 6.07) is 7.75. The average molecular weight is 612 g/mol. The van der Waals surface area contributed by atoms with E-state index >= 15 is 0 Å². The van der Waals surface area contributed by atoms with Gasteiger partial charge in [-0.15, -0.1) is 0 Å². The Balaban J connectivity index is 1.33. The summed E-state index contributed by atoms with van der Waals surface area (Å²) in [4.78, 5) is 20.3. The molecule has 0 saturated carbocycles. The van der Waals surface area contributed by atoms with Crippen LogP contribution >= 0.6 is 23.1 Å². The molecular formula is C26H27BrN7O4P. The molecule has 2 aliphatic rings. The SMILES string of the molecule is COc1cc2c(cc1Nc1ncc(Br)c(Nc3ccc4nccnc4c3P(C)(C)=O)n1)OC[C@@H]1COCCN21. The Morgan fingerprint density at radius 1 is 1.10 bits per heavy atom. The second-order valence-electron chi connectivity index (χ2n) is 9.63. The Morgan fingerprint density at radius 2 is 1.95 bits per heavy atom. The summed E-state index contributed by atoms with van der Waals surface area (Å²) in [6.07, 6.45) is 4.87. The highest BCUT2D eigenvalue weighted by atomic mass is 79.9. The second kappa shape index (κ2) is 10.3. The molecule has 4 heterocycles. The van der Waals surface area contributed by atoms with Gasteiger partial charge in [0, 0.05) is 37.3 Å². The number of hydrogen-bond donors (Lipinski definition) is 2. The van der Waals surface area contributed by atoms with Crippen molar-refractivity contribution in [2.75, 3.05) is 62.3 Å². The number of nitrogens with zero attached hydrogens (tertiary/aromatic N) is 5. The summed E-state index contributed by atoms with van der Waals surface area (Å²) in [5.41, 5.74) is 3.56. The number of hydrogen-bond acceptors (Lipinski definition) is 11. The molecule has 2 aromatic heterocycles. The van der Waals surface area contributed by atoms with Gasteiger partial charge in [-0.25, -0.2) is 4.98 Å². The first-order chi connectivity index (χ1) is 18.8. The third-order valence-corrected chi connectivity index (χ3v) is 8.76. The predicted molar refractivity (Wildman–Crippen MR) is 155 cm³/mol. The van der Waals surface area contributed by atoms with Crippen LogP contribution in [0.15, 0.2) is 47.3 Å². The minimum absolute atomic E-state index is 0.186. The molecule has 4 aromatic rings. The largest absolute Gasteiger partial charge is 0.494 e. The summed E-state index contributed by atoms with van der Waals surface area (Å²) >= 11 is 3.54. The predicted octanol–water partition coefficient (Wildman–Crippen LogP) is 4.52. The lowest BCUT2D eigenvalue weighted by atomic mass is 10.1. The summed E-state index contributed by atoms with van der Waals surface area (Å²) in [5, 5.41) is 7.20. The maximum Gasteiger partial charge on any atom is 0.229 e. The minimum atomic E-state index is -2.73. The van der Waals surface area contributed by atoms with Gasteiger partial charge in [0.05, 0.1) is 58.7 Å². The first kappa shape index (κ1) is 25.8. The highest BCUT2D eigenvalue weighted by Gasteiger charge is 2.31. The molecule has 0 unspecified atom stereocenters. The van der Waals surface area contributed by atoms with Crippen molar-refractivity contribution in [3.8, 4) is 11.5 Å². The molecule has 6 rings (SSSR count). The number of morpholine rings is 1. The smallest absolute Gasteiger partial charge is 0.229 e. The van der Waals surface area contributed by atoms with E-state index < -0.39 is 7.14 Å². The topological polar surface area (TPSA) is 124 Å². The molecule has 0 radical (unpaired) electrons. The monoisotopic (exact) mass is 611 g/mol. The zero-order chi connectivity index (χ0) is 27.1. The molecule has 2 aromatic carbocycles. The fourth-order valence-corrected chi connectivity index (χ4v) is 6.57. The number of benzene rings is 2. The van der Waals surface area contributed by atoms with Crippen LogP contribution in [0.4, 0.5) is 28.8 Å². The van der Waals surface area contributed by atoms with Crippen LogP contribution in [0.25, 0.3) is 11.0 Å². The van der Waals surface area contributed by atoms with E-state index in [0.29, 0.717) is 69.5 Å². The highest BCUT2D eigenvalue weighted by Crippen LogP contribution is 2.44. The van der Waals surface area contributed by atoms with Crippen molar-refractivity contribution in [1.29, 1.82) is 0 Å². The van der Waals surface area contributed by atoms with Gasteiger partial charge in [-0.1, -0.05) is 0 Å². The number of nitrogens with one attached hydrogen (secondary N) is 2. The molecule has 11 nitrogen and oxygen atoms in total. The van der Waals surface area contributed by atoms with Crippen molar-refractivity contribution < 1.29 is 18.8 Å². The van der Waals surface area contributed by atoms with Crippen molar-refractivity contribution in [3.63, 3.8) is 0 Å². The number of anilines is 5. The molecular weight excluding hydrogens is 585 g/mol. The maximum absolute atomic E-state index is 13.3. The minimum Gasteiger partial charge on any atom is -0.494 e. The lowest BCUT2D eigenvalue weighted by molar-refractivity contribution is 0.0705. The van der Waals surface area contributed by atoms with Crippen molar-refractivity contribution in [1.82, 2.24) is 19.9 Å². The standard InChI is InChI=1S/C26H27BrN7O4P/c1-36-21-11-20-22(38-14-15-13-37-9-8-34(15)20)10-19(21)32-26-30-12-16(27)25(33-26)31-18-5-4-17-23(29-7-6-28-17)24(18)39(2,3)35/h4-7,10-12,15H,8-9,13-14H2,1-3H3,(H2,30,31,32,33)/t15-/m0/s1.